The van der Waals surface area contributed by atoms with E-state index in [-0.39, 0.29) is 22.4 Å². The minimum Gasteiger partial charge on any atom is -0.377 e. The van der Waals surface area contributed by atoms with Crippen molar-refractivity contribution in [3.05, 3.63) is 59.2 Å². The van der Waals surface area contributed by atoms with Crippen LogP contribution in [0.25, 0.3) is 0 Å². The minimum absolute atomic E-state index is 0.128. The van der Waals surface area contributed by atoms with Gasteiger partial charge in [0, 0.05) is 18.4 Å². The number of rotatable bonds is 6. The molecule has 1 saturated heterocycles. The molecule has 6 rings (SSSR count). The lowest BCUT2D eigenvalue weighted by Crippen LogP contribution is -2.45. The zero-order valence-electron chi connectivity index (χ0n) is 23.7. The van der Waals surface area contributed by atoms with Crippen LogP contribution in [0.3, 0.4) is 0 Å². The predicted molar refractivity (Wildman–Crippen MR) is 150 cm³/mol. The van der Waals surface area contributed by atoms with Crippen LogP contribution in [0.15, 0.2) is 48.1 Å². The molecule has 0 radical (unpaired) electrons. The number of allylic oxidation sites excluding steroid dienone is 2. The number of hydrogen-bond acceptors (Lipinski definition) is 4. The molecule has 1 aromatic carbocycles. The van der Waals surface area contributed by atoms with Crippen LogP contribution in [0.5, 0.6) is 0 Å². The minimum atomic E-state index is -0.332. The van der Waals surface area contributed by atoms with Crippen molar-refractivity contribution in [1.29, 1.82) is 0 Å². The van der Waals surface area contributed by atoms with E-state index in [1.54, 1.807) is 18.1 Å². The average Bonchev–Trinajstić information content (AvgIpc) is 3.47. The van der Waals surface area contributed by atoms with Gasteiger partial charge in [-0.15, -0.1) is 6.58 Å². The largest absolute Gasteiger partial charge is 0.377 e. The molecule has 4 aliphatic carbocycles. The van der Waals surface area contributed by atoms with E-state index in [4.69, 9.17) is 14.2 Å². The van der Waals surface area contributed by atoms with Crippen molar-refractivity contribution in [2.45, 2.75) is 103 Å². The Kier molecular flexibility index (Phi) is 6.98. The summed E-state index contributed by atoms with van der Waals surface area (Å²) in [5, 5.41) is 0. The van der Waals surface area contributed by atoms with Crippen molar-refractivity contribution in [1.82, 2.24) is 0 Å². The summed E-state index contributed by atoms with van der Waals surface area (Å²) in [5.41, 5.74) is 6.00. The predicted octanol–water partition coefficient (Wildman–Crippen LogP) is 7.78. The van der Waals surface area contributed by atoms with Crippen molar-refractivity contribution in [3.63, 3.8) is 0 Å². The molecular weight excluding hydrogens is 472 g/mol. The number of ketones is 1. The van der Waals surface area contributed by atoms with Crippen LogP contribution in [0.4, 0.5) is 0 Å². The van der Waals surface area contributed by atoms with E-state index in [0.717, 1.165) is 70.3 Å². The van der Waals surface area contributed by atoms with E-state index in [1.807, 2.05) is 18.2 Å². The first-order chi connectivity index (χ1) is 18.3. The monoisotopic (exact) mass is 518 g/mol. The summed E-state index contributed by atoms with van der Waals surface area (Å²) >= 11 is 0. The smallest absolute Gasteiger partial charge is 0.169 e. The molecule has 0 N–H and O–H groups in total. The molecule has 1 aromatic rings. The Bertz CT molecular complexity index is 1100. The molecule has 6 unspecified atom stereocenters. The fraction of sp³-hybridized carbons (Fsp3) is 0.676. The van der Waals surface area contributed by atoms with Gasteiger partial charge in [-0.05, 0) is 92.4 Å². The van der Waals surface area contributed by atoms with Crippen LogP contribution in [-0.2, 0) is 14.2 Å². The van der Waals surface area contributed by atoms with E-state index in [1.165, 1.54) is 24.8 Å². The maximum Gasteiger partial charge on any atom is 0.169 e. The van der Waals surface area contributed by atoms with Gasteiger partial charge >= 0.3 is 0 Å². The zero-order valence-corrected chi connectivity index (χ0v) is 23.7. The molecule has 3 saturated carbocycles. The third kappa shape index (κ3) is 4.35. The lowest BCUT2D eigenvalue weighted by atomic mass is 9.55. The first-order valence-corrected chi connectivity index (χ1v) is 15.1. The highest BCUT2D eigenvalue weighted by atomic mass is 16.7. The van der Waals surface area contributed by atoms with Crippen molar-refractivity contribution >= 4 is 5.78 Å². The van der Waals surface area contributed by atoms with Gasteiger partial charge in [-0.2, -0.15) is 0 Å². The number of ether oxygens (including phenoxy) is 3. The highest BCUT2D eigenvalue weighted by Gasteiger charge is 2.60. The van der Waals surface area contributed by atoms with E-state index < -0.39 is 0 Å². The molecule has 0 bridgehead atoms. The average molecular weight is 519 g/mol. The molecule has 4 fully saturated rings. The molecule has 6 atom stereocenters. The van der Waals surface area contributed by atoms with Crippen molar-refractivity contribution < 1.29 is 19.0 Å². The Morgan fingerprint density at radius 1 is 1.05 bits per heavy atom. The molecule has 4 nitrogen and oxygen atoms in total. The van der Waals surface area contributed by atoms with Gasteiger partial charge in [0.1, 0.15) is 0 Å². The Morgan fingerprint density at radius 3 is 2.53 bits per heavy atom. The van der Waals surface area contributed by atoms with E-state index in [0.29, 0.717) is 23.9 Å². The summed E-state index contributed by atoms with van der Waals surface area (Å²) in [5.74, 6) is 1.45. The second-order valence-electron chi connectivity index (χ2n) is 13.3. The van der Waals surface area contributed by atoms with E-state index in [2.05, 4.69) is 32.6 Å². The fourth-order valence-electron chi connectivity index (χ4n) is 9.47. The third-order valence-corrected chi connectivity index (χ3v) is 11.3. The van der Waals surface area contributed by atoms with Gasteiger partial charge in [0.25, 0.3) is 0 Å². The summed E-state index contributed by atoms with van der Waals surface area (Å²) < 4.78 is 19.0. The van der Waals surface area contributed by atoms with Gasteiger partial charge in [0.05, 0.1) is 25.9 Å². The summed E-state index contributed by atoms with van der Waals surface area (Å²) in [6.45, 7) is 13.0. The van der Waals surface area contributed by atoms with Crippen LogP contribution in [0.1, 0.15) is 107 Å². The van der Waals surface area contributed by atoms with Gasteiger partial charge in [-0.1, -0.05) is 55.3 Å². The molecule has 4 heteroatoms. The number of carbonyl (C=O) groups is 1. The van der Waals surface area contributed by atoms with Crippen LogP contribution >= 0.6 is 0 Å². The third-order valence-electron chi connectivity index (χ3n) is 11.3. The van der Waals surface area contributed by atoms with Gasteiger partial charge in [0.15, 0.2) is 11.6 Å². The molecule has 38 heavy (non-hydrogen) atoms. The fourth-order valence-corrected chi connectivity index (χ4v) is 9.47. The Balaban J connectivity index is 1.40. The van der Waals surface area contributed by atoms with Crippen LogP contribution < -0.4 is 0 Å². The van der Waals surface area contributed by atoms with Crippen LogP contribution in [0, 0.1) is 22.7 Å². The number of hydrogen-bond donors (Lipinski definition) is 0. The first-order valence-electron chi connectivity index (χ1n) is 15.1. The molecule has 1 heterocycles. The quantitative estimate of drug-likeness (QED) is 0.219. The molecule has 206 valence electrons. The highest BCUT2D eigenvalue weighted by Crippen LogP contribution is 2.67. The summed E-state index contributed by atoms with van der Waals surface area (Å²) in [6.07, 6.45) is 13.5. The first kappa shape index (κ1) is 26.5. The Morgan fingerprint density at radius 2 is 1.82 bits per heavy atom. The van der Waals surface area contributed by atoms with Gasteiger partial charge in [0.2, 0.25) is 0 Å². The summed E-state index contributed by atoms with van der Waals surface area (Å²) in [7, 11) is 0. The second kappa shape index (κ2) is 10.0. The zero-order chi connectivity index (χ0) is 26.5. The summed E-state index contributed by atoms with van der Waals surface area (Å²) in [6, 6.07) is 8.53. The number of fused-ring (bicyclic) bond motifs is 4. The topological polar surface area (TPSA) is 44.8 Å². The van der Waals surface area contributed by atoms with Crippen molar-refractivity contribution in [3.8, 4) is 0 Å². The molecule has 0 aromatic heterocycles. The standard InChI is InChI=1S/C34H46O4/c1-5-6-17-36-31-12-11-30-32(3)15-13-26-22-34(37-18-19-38-34)16-14-28(26)29(32)20-27(21-33(30,31)4)25-9-7-24(8-10-25)23(2)35/h5,7-10,26-27,30-31H,1,6,11-22H2,2-4H3. The normalized spacial score (nSPS) is 37.9. The lowest BCUT2D eigenvalue weighted by molar-refractivity contribution is -0.182. The van der Waals surface area contributed by atoms with Crippen molar-refractivity contribution in [2.75, 3.05) is 19.8 Å². The van der Waals surface area contributed by atoms with Crippen LogP contribution in [-0.4, -0.2) is 37.5 Å². The van der Waals surface area contributed by atoms with Gasteiger partial charge in [-0.25, -0.2) is 0 Å². The maximum atomic E-state index is 12.0. The van der Waals surface area contributed by atoms with E-state index in [9.17, 15) is 4.79 Å². The second-order valence-corrected chi connectivity index (χ2v) is 13.3. The molecule has 1 aliphatic heterocycles. The van der Waals surface area contributed by atoms with E-state index >= 15 is 0 Å². The number of benzene rings is 1. The molecular formula is C34H46O4. The van der Waals surface area contributed by atoms with Crippen LogP contribution in [0.2, 0.25) is 0 Å². The number of Topliss-reactive ketones (excluding diaryl/α,β-unsaturated/α-hetero) is 1. The summed E-state index contributed by atoms with van der Waals surface area (Å²) in [4.78, 5) is 12.0. The Labute approximate surface area is 229 Å². The highest BCUT2D eigenvalue weighted by molar-refractivity contribution is 5.94. The molecule has 0 amide bonds. The maximum absolute atomic E-state index is 12.0. The Hall–Kier alpha value is -1.75. The SMILES string of the molecule is C=CCCOC1CCC2C3(C)CCC4CC5(CCC4=C3CC(c3ccc(C(C)=O)cc3)CC12C)OCCO5. The number of carbonyl (C=O) groups excluding carboxylic acids is 1. The van der Waals surface area contributed by atoms with Gasteiger partial charge in [-0.3, -0.25) is 4.79 Å². The molecule has 1 spiro atoms. The lowest BCUT2D eigenvalue weighted by Gasteiger charge is -2.51. The van der Waals surface area contributed by atoms with Gasteiger partial charge < -0.3 is 14.2 Å². The van der Waals surface area contributed by atoms with Crippen molar-refractivity contribution in [2.24, 2.45) is 22.7 Å². The molecule has 5 aliphatic rings.